The molecule has 1 aliphatic rings. The predicted octanol–water partition coefficient (Wildman–Crippen LogP) is 5.08. The summed E-state index contributed by atoms with van der Waals surface area (Å²) in [5, 5.41) is 13.5. The lowest BCUT2D eigenvalue weighted by Gasteiger charge is -2.24. The van der Waals surface area contributed by atoms with Gasteiger partial charge < -0.3 is 19.9 Å². The molecule has 0 aliphatic carbocycles. The Kier molecular flexibility index (Phi) is 7.07. The zero-order chi connectivity index (χ0) is 25.9. The SMILES string of the molecule is COc1ccccc1-c1nc2c(c(SCC(=O)Nc3cccc(C)c3)n1)Cc1c(CO)cnc(C)c1O2. The Morgan fingerprint density at radius 3 is 2.76 bits per heavy atom. The zero-order valence-electron chi connectivity index (χ0n) is 20.7. The molecule has 188 valence electrons. The first-order valence-electron chi connectivity index (χ1n) is 11.8. The van der Waals surface area contributed by atoms with E-state index < -0.39 is 0 Å². The molecule has 0 radical (unpaired) electrons. The number of aryl methyl sites for hydroxylation is 2. The van der Waals surface area contributed by atoms with Crippen molar-refractivity contribution in [3.05, 3.63) is 82.7 Å². The second-order valence-electron chi connectivity index (χ2n) is 8.66. The van der Waals surface area contributed by atoms with Crippen LogP contribution in [0.3, 0.4) is 0 Å². The smallest absolute Gasteiger partial charge is 0.234 e. The number of hydrogen-bond donors (Lipinski definition) is 2. The highest BCUT2D eigenvalue weighted by Gasteiger charge is 2.28. The molecule has 0 saturated carbocycles. The van der Waals surface area contributed by atoms with Crippen molar-refractivity contribution in [1.29, 1.82) is 0 Å². The summed E-state index contributed by atoms with van der Waals surface area (Å²) in [5.41, 5.74) is 5.54. The van der Waals surface area contributed by atoms with E-state index in [0.29, 0.717) is 51.5 Å². The molecule has 0 bridgehead atoms. The molecule has 8 nitrogen and oxygen atoms in total. The lowest BCUT2D eigenvalue weighted by atomic mass is 9.99. The maximum atomic E-state index is 12.8. The first-order valence-corrected chi connectivity index (χ1v) is 12.7. The van der Waals surface area contributed by atoms with E-state index in [1.165, 1.54) is 11.8 Å². The molecule has 2 aromatic carbocycles. The molecule has 0 atom stereocenters. The van der Waals surface area contributed by atoms with Gasteiger partial charge in [0.1, 0.15) is 10.8 Å². The van der Waals surface area contributed by atoms with E-state index in [-0.39, 0.29) is 18.3 Å². The van der Waals surface area contributed by atoms with E-state index in [9.17, 15) is 9.90 Å². The second-order valence-corrected chi connectivity index (χ2v) is 9.62. The highest BCUT2D eigenvalue weighted by molar-refractivity contribution is 8.00. The van der Waals surface area contributed by atoms with Crippen molar-refractivity contribution in [1.82, 2.24) is 15.0 Å². The lowest BCUT2D eigenvalue weighted by molar-refractivity contribution is -0.113. The lowest BCUT2D eigenvalue weighted by Crippen LogP contribution is -2.16. The number of hydrogen-bond acceptors (Lipinski definition) is 8. The maximum absolute atomic E-state index is 12.8. The van der Waals surface area contributed by atoms with Crippen LogP contribution in [0.5, 0.6) is 17.4 Å². The number of amides is 1. The van der Waals surface area contributed by atoms with Crippen molar-refractivity contribution in [2.45, 2.75) is 31.9 Å². The number of rotatable bonds is 7. The molecule has 1 aliphatic heterocycles. The molecule has 4 aromatic rings. The Labute approximate surface area is 219 Å². The van der Waals surface area contributed by atoms with E-state index in [1.54, 1.807) is 13.3 Å². The first-order chi connectivity index (χ1) is 18.0. The fourth-order valence-corrected chi connectivity index (χ4v) is 5.04. The van der Waals surface area contributed by atoms with Crippen LogP contribution < -0.4 is 14.8 Å². The van der Waals surface area contributed by atoms with Crippen molar-refractivity contribution in [2.24, 2.45) is 0 Å². The molecule has 37 heavy (non-hydrogen) atoms. The number of nitrogens with zero attached hydrogens (tertiary/aromatic N) is 3. The number of nitrogens with one attached hydrogen (secondary N) is 1. The van der Waals surface area contributed by atoms with Crippen LogP contribution in [-0.2, 0) is 17.8 Å². The van der Waals surface area contributed by atoms with Gasteiger partial charge in [0, 0.05) is 29.4 Å². The Bertz CT molecular complexity index is 1490. The molecule has 0 fully saturated rings. The number of pyridine rings is 1. The van der Waals surface area contributed by atoms with Crippen LogP contribution in [0.2, 0.25) is 0 Å². The van der Waals surface area contributed by atoms with Crippen LogP contribution in [0.1, 0.15) is 27.9 Å². The molecule has 9 heteroatoms. The highest BCUT2D eigenvalue weighted by atomic mass is 32.2. The van der Waals surface area contributed by atoms with Crippen LogP contribution in [0.15, 0.2) is 59.8 Å². The topological polar surface area (TPSA) is 106 Å². The fraction of sp³-hybridized carbons (Fsp3) is 0.214. The van der Waals surface area contributed by atoms with Gasteiger partial charge in [0.05, 0.1) is 36.3 Å². The number of thioether (sulfide) groups is 1. The summed E-state index contributed by atoms with van der Waals surface area (Å²) in [7, 11) is 1.60. The summed E-state index contributed by atoms with van der Waals surface area (Å²) < 4.78 is 11.8. The van der Waals surface area contributed by atoms with Gasteiger partial charge in [0.2, 0.25) is 11.8 Å². The van der Waals surface area contributed by atoms with Crippen LogP contribution >= 0.6 is 11.8 Å². The highest BCUT2D eigenvalue weighted by Crippen LogP contribution is 2.43. The van der Waals surface area contributed by atoms with Gasteiger partial charge in [-0.15, -0.1) is 0 Å². The summed E-state index contributed by atoms with van der Waals surface area (Å²) in [4.78, 5) is 26.7. The van der Waals surface area contributed by atoms with Crippen molar-refractivity contribution in [3.63, 3.8) is 0 Å². The average molecular weight is 515 g/mol. The van der Waals surface area contributed by atoms with Crippen LogP contribution in [0.25, 0.3) is 11.4 Å². The minimum Gasteiger partial charge on any atom is -0.496 e. The number of methoxy groups -OCH3 is 1. The van der Waals surface area contributed by atoms with Crippen molar-refractivity contribution in [2.75, 3.05) is 18.2 Å². The largest absolute Gasteiger partial charge is 0.496 e. The molecular weight excluding hydrogens is 488 g/mol. The second kappa shape index (κ2) is 10.6. The summed E-state index contributed by atoms with van der Waals surface area (Å²) in [6.07, 6.45) is 2.12. The average Bonchev–Trinajstić information content (AvgIpc) is 2.91. The van der Waals surface area contributed by atoms with Crippen molar-refractivity contribution < 1.29 is 19.4 Å². The molecule has 3 heterocycles. The number of aliphatic hydroxyl groups is 1. The van der Waals surface area contributed by atoms with Gasteiger partial charge in [-0.1, -0.05) is 36.0 Å². The monoisotopic (exact) mass is 514 g/mol. The minimum atomic E-state index is -0.157. The quantitative estimate of drug-likeness (QED) is 0.229. The van der Waals surface area contributed by atoms with Crippen molar-refractivity contribution >= 4 is 23.4 Å². The van der Waals surface area contributed by atoms with E-state index in [0.717, 1.165) is 22.4 Å². The number of benzene rings is 2. The maximum Gasteiger partial charge on any atom is 0.234 e. The number of fused-ring (bicyclic) bond motifs is 2. The van der Waals surface area contributed by atoms with Gasteiger partial charge in [-0.3, -0.25) is 9.78 Å². The molecule has 2 aromatic heterocycles. The zero-order valence-corrected chi connectivity index (χ0v) is 21.6. The summed E-state index contributed by atoms with van der Waals surface area (Å²) in [6.45, 7) is 3.68. The minimum absolute atomic E-state index is 0.143. The normalized spacial score (nSPS) is 11.8. The number of carbonyl (C=O) groups is 1. The number of aromatic nitrogens is 3. The molecule has 0 unspecified atom stereocenters. The van der Waals surface area contributed by atoms with Crippen LogP contribution in [0, 0.1) is 13.8 Å². The first kappa shape index (κ1) is 24.7. The van der Waals surface area contributed by atoms with E-state index in [4.69, 9.17) is 19.4 Å². The van der Waals surface area contributed by atoms with Gasteiger partial charge in [0.25, 0.3) is 0 Å². The number of aliphatic hydroxyl groups excluding tert-OH is 1. The molecule has 2 N–H and O–H groups in total. The number of ether oxygens (including phenoxy) is 2. The Hall–Kier alpha value is -3.95. The van der Waals surface area contributed by atoms with Gasteiger partial charge in [-0.25, -0.2) is 4.98 Å². The molecule has 5 rings (SSSR count). The van der Waals surface area contributed by atoms with Crippen LogP contribution in [-0.4, -0.2) is 38.8 Å². The summed E-state index contributed by atoms with van der Waals surface area (Å²) >= 11 is 1.32. The predicted molar refractivity (Wildman–Crippen MR) is 142 cm³/mol. The standard InChI is InChI=1S/C28H26N4O4S/c1-16-7-6-8-19(11-16)30-24(34)15-37-28-22-12-21-18(14-33)13-29-17(2)25(21)36-27(22)31-26(32-28)20-9-4-5-10-23(20)35-3/h4-11,13,33H,12,14-15H2,1-3H3,(H,30,34). The molecule has 0 spiro atoms. The van der Waals surface area contributed by atoms with Gasteiger partial charge in [-0.05, 0) is 43.7 Å². The molecular formula is C28H26N4O4S. The molecule has 0 saturated heterocycles. The van der Waals surface area contributed by atoms with Gasteiger partial charge in [0.15, 0.2) is 11.6 Å². The third kappa shape index (κ3) is 5.14. The van der Waals surface area contributed by atoms with E-state index in [1.807, 2.05) is 62.4 Å². The van der Waals surface area contributed by atoms with E-state index >= 15 is 0 Å². The Morgan fingerprint density at radius 2 is 1.97 bits per heavy atom. The Balaban J connectivity index is 1.52. The Morgan fingerprint density at radius 1 is 1.14 bits per heavy atom. The third-order valence-corrected chi connectivity index (χ3v) is 7.07. The molecule has 1 amide bonds. The van der Waals surface area contributed by atoms with Gasteiger partial charge >= 0.3 is 0 Å². The van der Waals surface area contributed by atoms with Crippen LogP contribution in [0.4, 0.5) is 5.69 Å². The fourth-order valence-electron chi connectivity index (χ4n) is 4.22. The number of para-hydroxylation sites is 1. The number of carbonyl (C=O) groups excluding carboxylic acids is 1. The summed E-state index contributed by atoms with van der Waals surface area (Å²) in [6, 6.07) is 15.2. The van der Waals surface area contributed by atoms with Crippen molar-refractivity contribution in [3.8, 4) is 28.8 Å². The number of anilines is 1. The van der Waals surface area contributed by atoms with E-state index in [2.05, 4.69) is 10.3 Å². The van der Waals surface area contributed by atoms with Gasteiger partial charge in [-0.2, -0.15) is 4.98 Å². The summed E-state index contributed by atoms with van der Waals surface area (Å²) in [5.74, 6) is 2.08. The third-order valence-electron chi connectivity index (χ3n) is 6.05.